The molecule has 0 spiro atoms. The quantitative estimate of drug-likeness (QED) is 0.783. The van der Waals surface area contributed by atoms with Crippen molar-refractivity contribution in [2.75, 3.05) is 6.54 Å². The van der Waals surface area contributed by atoms with Gasteiger partial charge in [-0.25, -0.2) is 4.79 Å². The molecule has 4 heteroatoms. The molecule has 3 unspecified atom stereocenters. The fourth-order valence-corrected chi connectivity index (χ4v) is 3.03. The zero-order valence-corrected chi connectivity index (χ0v) is 14.5. The molecule has 4 nitrogen and oxygen atoms in total. The van der Waals surface area contributed by atoms with Crippen molar-refractivity contribution in [1.29, 1.82) is 0 Å². The minimum absolute atomic E-state index is 0.317. The average molecular weight is 298 g/mol. The van der Waals surface area contributed by atoms with E-state index < -0.39 is 5.60 Å². The first kappa shape index (κ1) is 18.3. The highest BCUT2D eigenvalue weighted by Gasteiger charge is 2.22. The smallest absolute Gasteiger partial charge is 0.407 e. The summed E-state index contributed by atoms with van der Waals surface area (Å²) < 4.78 is 5.30. The molecular formula is C17H34N2O2. The summed E-state index contributed by atoms with van der Waals surface area (Å²) in [6, 6.07) is 0.948. The first-order valence-corrected chi connectivity index (χ1v) is 8.53. The summed E-state index contributed by atoms with van der Waals surface area (Å²) in [5, 5.41) is 6.64. The largest absolute Gasteiger partial charge is 0.444 e. The maximum atomic E-state index is 11.8. The van der Waals surface area contributed by atoms with Gasteiger partial charge in [-0.3, -0.25) is 0 Å². The number of rotatable bonds is 6. The number of nitrogens with one attached hydrogen (secondary N) is 2. The molecule has 0 aromatic carbocycles. The Morgan fingerprint density at radius 1 is 1.33 bits per heavy atom. The summed E-state index contributed by atoms with van der Waals surface area (Å²) in [4.78, 5) is 11.8. The van der Waals surface area contributed by atoms with E-state index in [9.17, 15) is 4.79 Å². The molecule has 0 saturated heterocycles. The average Bonchev–Trinajstić information content (AvgIpc) is 2.34. The lowest BCUT2D eigenvalue weighted by Gasteiger charge is -2.31. The number of carbonyl (C=O) groups excluding carboxylic acids is 1. The van der Waals surface area contributed by atoms with Crippen molar-refractivity contribution in [1.82, 2.24) is 10.6 Å². The number of alkyl carbamates (subject to hydrolysis) is 1. The Balaban J connectivity index is 2.37. The SMILES string of the molecule is CCCC(CNC(=O)OC(C)(C)C)NC1CCCC(C)C1. The summed E-state index contributed by atoms with van der Waals surface area (Å²) in [7, 11) is 0. The Bertz CT molecular complexity index is 312. The first-order chi connectivity index (χ1) is 9.80. The van der Waals surface area contributed by atoms with Gasteiger partial charge in [-0.1, -0.05) is 33.1 Å². The summed E-state index contributed by atoms with van der Waals surface area (Å²) in [6.07, 6.45) is 7.08. The second-order valence-electron chi connectivity index (χ2n) is 7.50. The van der Waals surface area contributed by atoms with Gasteiger partial charge in [0.25, 0.3) is 0 Å². The van der Waals surface area contributed by atoms with Crippen LogP contribution in [0.1, 0.15) is 73.1 Å². The first-order valence-electron chi connectivity index (χ1n) is 8.53. The van der Waals surface area contributed by atoms with Gasteiger partial charge in [0.15, 0.2) is 0 Å². The minimum Gasteiger partial charge on any atom is -0.444 e. The lowest BCUT2D eigenvalue weighted by atomic mass is 9.86. The van der Waals surface area contributed by atoms with Gasteiger partial charge in [0.05, 0.1) is 0 Å². The summed E-state index contributed by atoms with van der Waals surface area (Å²) in [5.74, 6) is 0.817. The standard InChI is InChI=1S/C17H34N2O2/c1-6-8-15(12-18-16(20)21-17(3,4)5)19-14-10-7-9-13(2)11-14/h13-15,19H,6-12H2,1-5H3,(H,18,20). The van der Waals surface area contributed by atoms with Crippen LogP contribution >= 0.6 is 0 Å². The highest BCUT2D eigenvalue weighted by molar-refractivity contribution is 5.67. The third-order valence-corrected chi connectivity index (χ3v) is 3.94. The van der Waals surface area contributed by atoms with Crippen LogP contribution in [-0.4, -0.2) is 30.3 Å². The Hall–Kier alpha value is -0.770. The topological polar surface area (TPSA) is 50.4 Å². The van der Waals surface area contributed by atoms with Crippen molar-refractivity contribution in [3.8, 4) is 0 Å². The van der Waals surface area contributed by atoms with Gasteiger partial charge < -0.3 is 15.4 Å². The molecule has 1 fully saturated rings. The van der Waals surface area contributed by atoms with Crippen LogP contribution in [0.4, 0.5) is 4.79 Å². The highest BCUT2D eigenvalue weighted by Crippen LogP contribution is 2.24. The van der Waals surface area contributed by atoms with Crippen molar-refractivity contribution >= 4 is 6.09 Å². The molecule has 0 aromatic heterocycles. The maximum Gasteiger partial charge on any atom is 0.407 e. The van der Waals surface area contributed by atoms with Crippen molar-refractivity contribution in [3.05, 3.63) is 0 Å². The van der Waals surface area contributed by atoms with E-state index in [4.69, 9.17) is 4.74 Å². The highest BCUT2D eigenvalue weighted by atomic mass is 16.6. The fraction of sp³-hybridized carbons (Fsp3) is 0.941. The monoisotopic (exact) mass is 298 g/mol. The van der Waals surface area contributed by atoms with Crippen LogP contribution in [0.25, 0.3) is 0 Å². The molecule has 21 heavy (non-hydrogen) atoms. The number of amides is 1. The van der Waals surface area contributed by atoms with Crippen LogP contribution in [0.3, 0.4) is 0 Å². The molecular weight excluding hydrogens is 264 g/mol. The van der Waals surface area contributed by atoms with Gasteiger partial charge in [0.1, 0.15) is 5.60 Å². The third kappa shape index (κ3) is 8.30. The second kappa shape index (κ2) is 8.62. The number of carbonyl (C=O) groups is 1. The van der Waals surface area contributed by atoms with Crippen LogP contribution in [0.5, 0.6) is 0 Å². The Kier molecular flexibility index (Phi) is 7.50. The molecule has 0 heterocycles. The molecule has 0 aliphatic heterocycles. The van der Waals surface area contributed by atoms with Gasteiger partial charge in [0, 0.05) is 18.6 Å². The Morgan fingerprint density at radius 2 is 2.05 bits per heavy atom. The second-order valence-corrected chi connectivity index (χ2v) is 7.50. The van der Waals surface area contributed by atoms with Gasteiger partial charge in [-0.2, -0.15) is 0 Å². The van der Waals surface area contributed by atoms with E-state index in [1.807, 2.05) is 20.8 Å². The summed E-state index contributed by atoms with van der Waals surface area (Å²) in [5.41, 5.74) is -0.434. The van der Waals surface area contributed by atoms with Crippen LogP contribution in [-0.2, 0) is 4.74 Å². The molecule has 1 saturated carbocycles. The normalized spacial score (nSPS) is 24.4. The van der Waals surface area contributed by atoms with E-state index in [0.717, 1.165) is 18.8 Å². The van der Waals surface area contributed by atoms with Crippen LogP contribution in [0, 0.1) is 5.92 Å². The number of hydrogen-bond acceptors (Lipinski definition) is 3. The zero-order chi connectivity index (χ0) is 15.9. The molecule has 0 radical (unpaired) electrons. The lowest BCUT2D eigenvalue weighted by Crippen LogP contribution is -2.47. The van der Waals surface area contributed by atoms with Crippen molar-refractivity contribution < 1.29 is 9.53 Å². The zero-order valence-electron chi connectivity index (χ0n) is 14.5. The molecule has 124 valence electrons. The van der Waals surface area contributed by atoms with Crippen LogP contribution in [0.2, 0.25) is 0 Å². The van der Waals surface area contributed by atoms with Crippen molar-refractivity contribution in [2.24, 2.45) is 5.92 Å². The van der Waals surface area contributed by atoms with E-state index in [2.05, 4.69) is 24.5 Å². The minimum atomic E-state index is -0.434. The summed E-state index contributed by atoms with van der Waals surface area (Å²) >= 11 is 0. The molecule has 1 amide bonds. The van der Waals surface area contributed by atoms with E-state index >= 15 is 0 Å². The van der Waals surface area contributed by atoms with E-state index in [0.29, 0.717) is 18.6 Å². The molecule has 1 rings (SSSR count). The molecule has 2 N–H and O–H groups in total. The molecule has 1 aliphatic carbocycles. The number of ether oxygens (including phenoxy) is 1. The third-order valence-electron chi connectivity index (χ3n) is 3.94. The summed E-state index contributed by atoms with van der Waals surface area (Å²) in [6.45, 7) is 10.8. The predicted molar refractivity (Wildman–Crippen MR) is 87.5 cm³/mol. The predicted octanol–water partition coefficient (Wildman–Crippen LogP) is 3.85. The van der Waals surface area contributed by atoms with Crippen LogP contribution in [0.15, 0.2) is 0 Å². The molecule has 1 aliphatic rings. The van der Waals surface area contributed by atoms with Crippen LogP contribution < -0.4 is 10.6 Å². The van der Waals surface area contributed by atoms with E-state index in [1.54, 1.807) is 0 Å². The van der Waals surface area contributed by atoms with Crippen molar-refractivity contribution in [2.45, 2.75) is 90.8 Å². The maximum absolute atomic E-state index is 11.8. The molecule has 0 aromatic rings. The van der Waals surface area contributed by atoms with E-state index in [1.165, 1.54) is 25.7 Å². The Morgan fingerprint density at radius 3 is 2.62 bits per heavy atom. The van der Waals surface area contributed by atoms with Gasteiger partial charge in [-0.05, 0) is 46.0 Å². The lowest BCUT2D eigenvalue weighted by molar-refractivity contribution is 0.0520. The van der Waals surface area contributed by atoms with Gasteiger partial charge in [-0.15, -0.1) is 0 Å². The van der Waals surface area contributed by atoms with Crippen molar-refractivity contribution in [3.63, 3.8) is 0 Å². The Labute approximate surface area is 130 Å². The van der Waals surface area contributed by atoms with E-state index in [-0.39, 0.29) is 6.09 Å². The molecule has 0 bridgehead atoms. The molecule has 3 atom stereocenters. The number of hydrogen-bond donors (Lipinski definition) is 2. The van der Waals surface area contributed by atoms with Gasteiger partial charge in [0.2, 0.25) is 0 Å². The fourth-order valence-electron chi connectivity index (χ4n) is 3.03. The van der Waals surface area contributed by atoms with Gasteiger partial charge >= 0.3 is 6.09 Å².